The fourth-order valence-electron chi connectivity index (χ4n) is 1.69. The highest BCUT2D eigenvalue weighted by molar-refractivity contribution is 5.75. The van der Waals surface area contributed by atoms with E-state index in [-0.39, 0.29) is 5.75 Å². The maximum absolute atomic E-state index is 12.0. The number of aryl methyl sites for hydroxylation is 1. The fraction of sp³-hybridized carbons (Fsp3) is 0.143. The molecule has 0 saturated carbocycles. The van der Waals surface area contributed by atoms with Gasteiger partial charge in [0.1, 0.15) is 5.75 Å². The Kier molecular flexibility index (Phi) is 3.74. The van der Waals surface area contributed by atoms with Gasteiger partial charge in [-0.15, -0.1) is 13.2 Å². The van der Waals surface area contributed by atoms with E-state index in [0.29, 0.717) is 17.1 Å². The predicted molar refractivity (Wildman–Crippen MR) is 72.0 cm³/mol. The van der Waals surface area contributed by atoms with E-state index in [1.807, 2.05) is 19.1 Å². The van der Waals surface area contributed by atoms with Gasteiger partial charge in [-0.1, -0.05) is 12.1 Å². The molecule has 6 heteroatoms. The van der Waals surface area contributed by atoms with Crippen LogP contribution in [0.4, 0.5) is 30.2 Å². The van der Waals surface area contributed by atoms with Crippen LogP contribution in [0.3, 0.4) is 0 Å². The number of anilines is 3. The lowest BCUT2D eigenvalue weighted by Gasteiger charge is -2.12. The van der Waals surface area contributed by atoms with E-state index < -0.39 is 6.36 Å². The summed E-state index contributed by atoms with van der Waals surface area (Å²) < 4.78 is 39.9. The second-order valence-electron chi connectivity index (χ2n) is 4.23. The number of alkyl halides is 3. The summed E-state index contributed by atoms with van der Waals surface area (Å²) in [6.45, 7) is 1.88. The molecule has 2 aromatic carbocycles. The van der Waals surface area contributed by atoms with Crippen LogP contribution in [0.1, 0.15) is 5.56 Å². The number of hydrogen-bond acceptors (Lipinski definition) is 3. The summed E-state index contributed by atoms with van der Waals surface area (Å²) in [5.74, 6) is -0.264. The first-order valence-corrected chi connectivity index (χ1v) is 5.83. The van der Waals surface area contributed by atoms with E-state index in [1.165, 1.54) is 24.3 Å². The topological polar surface area (TPSA) is 47.3 Å². The largest absolute Gasteiger partial charge is 0.573 e. The molecule has 0 bridgehead atoms. The maximum Gasteiger partial charge on any atom is 0.573 e. The number of ether oxygens (including phenoxy) is 1. The number of benzene rings is 2. The van der Waals surface area contributed by atoms with Crippen LogP contribution in [0.5, 0.6) is 5.75 Å². The summed E-state index contributed by atoms with van der Waals surface area (Å²) in [6.07, 6.45) is -4.68. The zero-order valence-electron chi connectivity index (χ0n) is 10.7. The van der Waals surface area contributed by atoms with E-state index in [0.717, 1.165) is 5.56 Å². The Labute approximate surface area is 114 Å². The average molecular weight is 282 g/mol. The lowest BCUT2D eigenvalue weighted by atomic mass is 10.1. The van der Waals surface area contributed by atoms with Crippen LogP contribution in [-0.4, -0.2) is 6.36 Å². The number of halogens is 3. The minimum atomic E-state index is -4.68. The van der Waals surface area contributed by atoms with Gasteiger partial charge in [-0.3, -0.25) is 0 Å². The fourth-order valence-corrected chi connectivity index (χ4v) is 1.69. The Morgan fingerprint density at radius 1 is 1.05 bits per heavy atom. The molecule has 0 heterocycles. The van der Waals surface area contributed by atoms with Crippen molar-refractivity contribution in [2.75, 3.05) is 11.1 Å². The molecule has 3 N–H and O–H groups in total. The molecule has 106 valence electrons. The standard InChI is InChI=1S/C14H13F3N2O/c1-9-3-2-4-12(13(9)18)19-10-5-7-11(8-6-10)20-14(15,16)17/h2-8,19H,18H2,1H3. The Balaban J connectivity index is 2.13. The molecule has 0 atom stereocenters. The Morgan fingerprint density at radius 3 is 2.30 bits per heavy atom. The van der Waals surface area contributed by atoms with E-state index in [1.54, 1.807) is 6.07 Å². The molecule has 20 heavy (non-hydrogen) atoms. The molecule has 0 aliphatic heterocycles. The van der Waals surface area contributed by atoms with E-state index >= 15 is 0 Å². The molecule has 2 aromatic rings. The van der Waals surface area contributed by atoms with E-state index in [4.69, 9.17) is 5.73 Å². The molecule has 0 saturated heterocycles. The highest BCUT2D eigenvalue weighted by atomic mass is 19.4. The van der Waals surface area contributed by atoms with Gasteiger partial charge in [0.05, 0.1) is 11.4 Å². The highest BCUT2D eigenvalue weighted by Crippen LogP contribution is 2.28. The Bertz CT molecular complexity index is 594. The molecule has 3 nitrogen and oxygen atoms in total. The second-order valence-corrected chi connectivity index (χ2v) is 4.23. The minimum Gasteiger partial charge on any atom is -0.406 e. The van der Waals surface area contributed by atoms with Crippen LogP contribution in [0.15, 0.2) is 42.5 Å². The second kappa shape index (κ2) is 5.32. The third-order valence-electron chi connectivity index (χ3n) is 2.69. The van der Waals surface area contributed by atoms with Crippen molar-refractivity contribution >= 4 is 17.1 Å². The summed E-state index contributed by atoms with van der Waals surface area (Å²) in [4.78, 5) is 0. The monoisotopic (exact) mass is 282 g/mol. The van der Waals surface area contributed by atoms with Gasteiger partial charge in [-0.25, -0.2) is 0 Å². The van der Waals surface area contributed by atoms with Crippen molar-refractivity contribution in [3.05, 3.63) is 48.0 Å². The third-order valence-corrected chi connectivity index (χ3v) is 2.69. The average Bonchev–Trinajstić information content (AvgIpc) is 2.35. The number of nitrogen functional groups attached to an aromatic ring is 1. The molecular weight excluding hydrogens is 269 g/mol. The van der Waals surface area contributed by atoms with E-state index in [2.05, 4.69) is 10.1 Å². The molecule has 0 aliphatic rings. The lowest BCUT2D eigenvalue weighted by molar-refractivity contribution is -0.274. The van der Waals surface area contributed by atoms with E-state index in [9.17, 15) is 13.2 Å². The zero-order chi connectivity index (χ0) is 14.8. The summed E-state index contributed by atoms with van der Waals surface area (Å²) in [5.41, 5.74) is 8.76. The molecule has 0 amide bonds. The first kappa shape index (κ1) is 14.0. The smallest absolute Gasteiger partial charge is 0.406 e. The first-order valence-electron chi connectivity index (χ1n) is 5.83. The number of hydrogen-bond donors (Lipinski definition) is 2. The van der Waals surface area contributed by atoms with Crippen LogP contribution in [0.2, 0.25) is 0 Å². The Hall–Kier alpha value is -2.37. The Morgan fingerprint density at radius 2 is 1.70 bits per heavy atom. The molecule has 0 aromatic heterocycles. The summed E-state index contributed by atoms with van der Waals surface area (Å²) in [5, 5.41) is 3.04. The van der Waals surface area contributed by atoms with Gasteiger partial charge >= 0.3 is 6.36 Å². The maximum atomic E-state index is 12.0. The van der Waals surface area contributed by atoms with Gasteiger partial charge in [0, 0.05) is 5.69 Å². The van der Waals surface area contributed by atoms with Gasteiger partial charge in [0.2, 0.25) is 0 Å². The summed E-state index contributed by atoms with van der Waals surface area (Å²) in [6, 6.07) is 11.0. The highest BCUT2D eigenvalue weighted by Gasteiger charge is 2.30. The van der Waals surface area contributed by atoms with Crippen molar-refractivity contribution in [3.8, 4) is 5.75 Å². The van der Waals surface area contributed by atoms with Gasteiger partial charge in [0.15, 0.2) is 0 Å². The van der Waals surface area contributed by atoms with Crippen molar-refractivity contribution in [2.45, 2.75) is 13.3 Å². The van der Waals surface area contributed by atoms with Gasteiger partial charge in [-0.2, -0.15) is 0 Å². The normalized spacial score (nSPS) is 11.2. The molecule has 0 spiro atoms. The molecule has 0 unspecified atom stereocenters. The van der Waals surface area contributed by atoms with Crippen LogP contribution < -0.4 is 15.8 Å². The summed E-state index contributed by atoms with van der Waals surface area (Å²) in [7, 11) is 0. The van der Waals surface area contributed by atoms with Crippen LogP contribution in [0, 0.1) is 6.92 Å². The molecule has 0 aliphatic carbocycles. The van der Waals surface area contributed by atoms with Crippen molar-refractivity contribution in [2.24, 2.45) is 0 Å². The van der Waals surface area contributed by atoms with Gasteiger partial charge < -0.3 is 15.8 Å². The van der Waals surface area contributed by atoms with Crippen molar-refractivity contribution in [1.29, 1.82) is 0 Å². The molecule has 0 radical (unpaired) electrons. The quantitative estimate of drug-likeness (QED) is 0.829. The SMILES string of the molecule is Cc1cccc(Nc2ccc(OC(F)(F)F)cc2)c1N. The molecule has 0 fully saturated rings. The van der Waals surface area contributed by atoms with Crippen LogP contribution in [0.25, 0.3) is 0 Å². The van der Waals surface area contributed by atoms with Crippen molar-refractivity contribution in [1.82, 2.24) is 0 Å². The number of rotatable bonds is 3. The van der Waals surface area contributed by atoms with Crippen LogP contribution in [-0.2, 0) is 0 Å². The molecular formula is C14H13F3N2O. The van der Waals surface area contributed by atoms with Gasteiger partial charge in [0.25, 0.3) is 0 Å². The zero-order valence-corrected chi connectivity index (χ0v) is 10.7. The van der Waals surface area contributed by atoms with Crippen molar-refractivity contribution < 1.29 is 17.9 Å². The molecule has 2 rings (SSSR count). The lowest BCUT2D eigenvalue weighted by Crippen LogP contribution is -2.16. The van der Waals surface area contributed by atoms with Crippen molar-refractivity contribution in [3.63, 3.8) is 0 Å². The first-order chi connectivity index (χ1) is 9.35. The number of para-hydroxylation sites is 1. The predicted octanol–water partition coefficient (Wildman–Crippen LogP) is 4.22. The number of nitrogens with two attached hydrogens (primary N) is 1. The minimum absolute atomic E-state index is 0.264. The van der Waals surface area contributed by atoms with Crippen LogP contribution >= 0.6 is 0 Å². The summed E-state index contributed by atoms with van der Waals surface area (Å²) >= 11 is 0. The number of nitrogens with one attached hydrogen (secondary N) is 1. The van der Waals surface area contributed by atoms with Gasteiger partial charge in [-0.05, 0) is 42.8 Å². The third kappa shape index (κ3) is 3.57.